The lowest BCUT2D eigenvalue weighted by Gasteiger charge is -2.39. The number of halogens is 6. The minimum absolute atomic E-state index is 0.156. The molecule has 4 atom stereocenters. The molecule has 2 saturated heterocycles. The highest BCUT2D eigenvalue weighted by molar-refractivity contribution is 5.16. The Morgan fingerprint density at radius 1 is 0.641 bits per heavy atom. The van der Waals surface area contributed by atoms with Crippen LogP contribution in [-0.4, -0.2) is 73.6 Å². The summed E-state index contributed by atoms with van der Waals surface area (Å²) in [5, 5.41) is 0. The average molecular weight is 557 g/mol. The zero-order valence-corrected chi connectivity index (χ0v) is 22.1. The summed E-state index contributed by atoms with van der Waals surface area (Å²) in [6.07, 6.45) is -10.1. The van der Waals surface area contributed by atoms with E-state index in [0.29, 0.717) is 39.0 Å². The molecule has 0 aromatic heterocycles. The van der Waals surface area contributed by atoms with E-state index in [1.165, 1.54) is 0 Å². The Morgan fingerprint density at radius 2 is 1.03 bits per heavy atom. The fraction of sp³-hybridized carbons (Fsp3) is 0.600. The Bertz CT molecular complexity index is 905. The number of benzene rings is 2. The number of likely N-dealkylation sites (tertiary alicyclic amines) is 2. The standard InChI is InChI=1S/C30H38F6N2O/c31-29(32,33)27(21-37-15-7-13-25(19-37)17-23-9-3-1-4-10-23)39-28(30(34,35)36)22-38-16-8-14-26(20-38)18-24-11-5-2-6-12-24/h1-6,9-12,25-28H,7-8,13-22H2/t25-,26-,27+,28+/m1/s1. The van der Waals surface area contributed by atoms with Crippen molar-refractivity contribution in [2.75, 3.05) is 39.3 Å². The number of piperidine rings is 2. The van der Waals surface area contributed by atoms with Gasteiger partial charge < -0.3 is 14.5 Å². The fourth-order valence-corrected chi connectivity index (χ4v) is 5.98. The van der Waals surface area contributed by atoms with Crippen molar-refractivity contribution in [2.24, 2.45) is 11.8 Å². The summed E-state index contributed by atoms with van der Waals surface area (Å²) in [6.45, 7) is 0.496. The predicted molar refractivity (Wildman–Crippen MR) is 139 cm³/mol. The van der Waals surface area contributed by atoms with Gasteiger partial charge in [-0.1, -0.05) is 60.7 Å². The molecule has 9 heteroatoms. The molecule has 2 aromatic carbocycles. The van der Waals surface area contributed by atoms with E-state index in [1.54, 1.807) is 9.80 Å². The summed E-state index contributed by atoms with van der Waals surface area (Å²) in [4.78, 5) is 3.25. The maximum atomic E-state index is 14.0. The Labute approximate surface area is 227 Å². The quantitative estimate of drug-likeness (QED) is 0.300. The first kappa shape index (κ1) is 29.9. The molecule has 0 N–H and O–H groups in total. The summed E-state index contributed by atoms with van der Waals surface area (Å²) >= 11 is 0. The van der Waals surface area contributed by atoms with Gasteiger partial charge in [0.1, 0.15) is 0 Å². The molecule has 0 saturated carbocycles. The number of alkyl halides is 6. The first-order valence-electron chi connectivity index (χ1n) is 13.9. The van der Waals surface area contributed by atoms with Crippen LogP contribution in [0.2, 0.25) is 0 Å². The molecule has 2 aliphatic rings. The monoisotopic (exact) mass is 556 g/mol. The van der Waals surface area contributed by atoms with E-state index in [1.807, 2.05) is 60.7 Å². The zero-order chi connectivity index (χ0) is 27.9. The lowest BCUT2D eigenvalue weighted by atomic mass is 9.91. The molecule has 0 aliphatic carbocycles. The molecule has 0 bridgehead atoms. The molecule has 3 nitrogen and oxygen atoms in total. The molecule has 39 heavy (non-hydrogen) atoms. The summed E-state index contributed by atoms with van der Waals surface area (Å²) in [6, 6.07) is 19.5. The Balaban J connectivity index is 1.37. The largest absolute Gasteiger partial charge is 0.415 e. The first-order valence-corrected chi connectivity index (χ1v) is 13.9. The van der Waals surface area contributed by atoms with Crippen LogP contribution in [0.3, 0.4) is 0 Å². The van der Waals surface area contributed by atoms with Gasteiger partial charge in [0.2, 0.25) is 0 Å². The lowest BCUT2D eigenvalue weighted by Crippen LogP contribution is -2.53. The summed E-state index contributed by atoms with van der Waals surface area (Å²) < 4.78 is 89.1. The van der Waals surface area contributed by atoms with Gasteiger partial charge in [-0.3, -0.25) is 0 Å². The molecule has 0 amide bonds. The van der Waals surface area contributed by atoms with E-state index in [0.717, 1.165) is 36.8 Å². The highest BCUT2D eigenvalue weighted by Crippen LogP contribution is 2.33. The third-order valence-corrected chi connectivity index (χ3v) is 7.85. The third-order valence-electron chi connectivity index (χ3n) is 7.85. The van der Waals surface area contributed by atoms with Crippen LogP contribution >= 0.6 is 0 Å². The van der Waals surface area contributed by atoms with Gasteiger partial charge in [0, 0.05) is 26.2 Å². The lowest BCUT2D eigenvalue weighted by molar-refractivity contribution is -0.291. The number of rotatable bonds is 10. The Morgan fingerprint density at radius 3 is 1.38 bits per heavy atom. The van der Waals surface area contributed by atoms with E-state index >= 15 is 0 Å². The fourth-order valence-electron chi connectivity index (χ4n) is 5.98. The van der Waals surface area contributed by atoms with Gasteiger partial charge >= 0.3 is 12.4 Å². The smallest absolute Gasteiger partial charge is 0.353 e. The van der Waals surface area contributed by atoms with Crippen LogP contribution in [0.4, 0.5) is 26.3 Å². The van der Waals surface area contributed by atoms with Crippen LogP contribution in [0.1, 0.15) is 36.8 Å². The van der Waals surface area contributed by atoms with E-state index in [2.05, 4.69) is 0 Å². The van der Waals surface area contributed by atoms with Crippen LogP contribution in [0.5, 0.6) is 0 Å². The van der Waals surface area contributed by atoms with Crippen LogP contribution in [0.25, 0.3) is 0 Å². The number of hydrogen-bond donors (Lipinski definition) is 0. The van der Waals surface area contributed by atoms with Gasteiger partial charge in [0.25, 0.3) is 0 Å². The van der Waals surface area contributed by atoms with Gasteiger partial charge in [-0.2, -0.15) is 26.3 Å². The SMILES string of the molecule is FC(F)(F)[C@H](CN1CCC[C@H](Cc2ccccc2)C1)O[C@@H](CN1CCC[C@H](Cc2ccccc2)C1)C(F)(F)F. The van der Waals surface area contributed by atoms with Crippen LogP contribution in [0, 0.1) is 11.8 Å². The van der Waals surface area contributed by atoms with E-state index in [-0.39, 0.29) is 11.8 Å². The van der Waals surface area contributed by atoms with Gasteiger partial charge in [0.05, 0.1) is 0 Å². The van der Waals surface area contributed by atoms with Crippen molar-refractivity contribution in [2.45, 2.75) is 63.1 Å². The van der Waals surface area contributed by atoms with Gasteiger partial charge in [-0.15, -0.1) is 0 Å². The topological polar surface area (TPSA) is 15.7 Å². The molecule has 4 rings (SSSR count). The van der Waals surface area contributed by atoms with E-state index in [4.69, 9.17) is 4.74 Å². The van der Waals surface area contributed by atoms with Crippen molar-refractivity contribution in [3.8, 4) is 0 Å². The van der Waals surface area contributed by atoms with E-state index in [9.17, 15) is 26.3 Å². The van der Waals surface area contributed by atoms with Crippen molar-refractivity contribution < 1.29 is 31.1 Å². The molecule has 0 unspecified atom stereocenters. The van der Waals surface area contributed by atoms with Crippen molar-refractivity contribution in [3.63, 3.8) is 0 Å². The predicted octanol–water partition coefficient (Wildman–Crippen LogP) is 6.77. The number of hydrogen-bond acceptors (Lipinski definition) is 3. The second-order valence-electron chi connectivity index (χ2n) is 11.1. The molecule has 216 valence electrons. The van der Waals surface area contributed by atoms with Crippen molar-refractivity contribution >= 4 is 0 Å². The Hall–Kier alpha value is -2.10. The summed E-state index contributed by atoms with van der Waals surface area (Å²) in [5.41, 5.74) is 2.22. The average Bonchev–Trinajstić information content (AvgIpc) is 2.88. The number of ether oxygens (including phenoxy) is 1. The normalized spacial score (nSPS) is 23.4. The highest BCUT2D eigenvalue weighted by Gasteiger charge is 2.50. The van der Waals surface area contributed by atoms with Crippen molar-refractivity contribution in [1.29, 1.82) is 0 Å². The van der Waals surface area contributed by atoms with Crippen LogP contribution in [-0.2, 0) is 17.6 Å². The van der Waals surface area contributed by atoms with Gasteiger partial charge in [0.15, 0.2) is 12.2 Å². The minimum Gasteiger partial charge on any atom is -0.353 e. The van der Waals surface area contributed by atoms with Crippen molar-refractivity contribution in [1.82, 2.24) is 9.80 Å². The first-order chi connectivity index (χ1) is 18.6. The second-order valence-corrected chi connectivity index (χ2v) is 11.1. The molecule has 0 radical (unpaired) electrons. The molecule has 2 fully saturated rings. The molecular formula is C30H38F6N2O. The molecule has 2 aromatic rings. The maximum absolute atomic E-state index is 14.0. The minimum atomic E-state index is -4.90. The van der Waals surface area contributed by atoms with Gasteiger partial charge in [-0.05, 0) is 74.6 Å². The maximum Gasteiger partial charge on any atom is 0.415 e. The van der Waals surface area contributed by atoms with E-state index < -0.39 is 37.7 Å². The van der Waals surface area contributed by atoms with Crippen LogP contribution < -0.4 is 0 Å². The number of nitrogens with zero attached hydrogens (tertiary/aromatic N) is 2. The van der Waals surface area contributed by atoms with Gasteiger partial charge in [-0.25, -0.2) is 0 Å². The van der Waals surface area contributed by atoms with Crippen LogP contribution in [0.15, 0.2) is 60.7 Å². The highest BCUT2D eigenvalue weighted by atomic mass is 19.4. The summed E-state index contributed by atoms with van der Waals surface area (Å²) in [7, 11) is 0. The van der Waals surface area contributed by atoms with Crippen molar-refractivity contribution in [3.05, 3.63) is 71.8 Å². The third kappa shape index (κ3) is 9.50. The summed E-state index contributed by atoms with van der Waals surface area (Å²) in [5.74, 6) is 0.312. The zero-order valence-electron chi connectivity index (χ0n) is 22.1. The molecule has 2 aliphatic heterocycles. The molecular weight excluding hydrogens is 518 g/mol. The Kier molecular flexibility index (Phi) is 10.3. The second kappa shape index (κ2) is 13.5. The molecule has 0 spiro atoms. The molecule has 2 heterocycles.